The number of aryl methyl sites for hydroxylation is 1. The van der Waals surface area contributed by atoms with E-state index in [2.05, 4.69) is 15.5 Å². The van der Waals surface area contributed by atoms with E-state index in [1.165, 1.54) is 12.2 Å². The van der Waals surface area contributed by atoms with Crippen LogP contribution in [0, 0.1) is 6.92 Å². The highest BCUT2D eigenvalue weighted by Gasteiger charge is 1.99. The molecule has 0 aliphatic heterocycles. The molecule has 5 nitrogen and oxygen atoms in total. The first kappa shape index (κ1) is 9.86. The summed E-state index contributed by atoms with van der Waals surface area (Å²) in [6.07, 6.45) is 2.75. The minimum Gasteiger partial charge on any atom is -0.265 e. The molecular weight excluding hydrogens is 182 g/mol. The van der Waals surface area contributed by atoms with Crippen molar-refractivity contribution in [3.63, 3.8) is 0 Å². The van der Waals surface area contributed by atoms with Crippen LogP contribution in [0.25, 0.3) is 0 Å². The fraction of sp³-hybridized carbons (Fsp3) is 0.111. The molecule has 0 aromatic heterocycles. The summed E-state index contributed by atoms with van der Waals surface area (Å²) in [6.45, 7) is 1.86. The summed E-state index contributed by atoms with van der Waals surface area (Å²) < 4.78 is 0. The highest BCUT2D eigenvalue weighted by atomic mass is 16.1. The second-order valence-corrected chi connectivity index (χ2v) is 2.54. The van der Waals surface area contributed by atoms with Crippen molar-refractivity contribution >= 4 is 23.5 Å². The van der Waals surface area contributed by atoms with Crippen LogP contribution in [0.5, 0.6) is 0 Å². The predicted octanol–water partition coefficient (Wildman–Crippen LogP) is 1.63. The quantitative estimate of drug-likeness (QED) is 0.446. The van der Waals surface area contributed by atoms with Gasteiger partial charge in [0.25, 0.3) is 6.08 Å². The largest absolute Gasteiger partial charge is 0.265 e. The molecule has 14 heavy (non-hydrogen) atoms. The van der Waals surface area contributed by atoms with Gasteiger partial charge in [-0.15, -0.1) is 0 Å². The Morgan fingerprint density at radius 2 is 2.07 bits per heavy atom. The summed E-state index contributed by atoms with van der Waals surface area (Å²) in [5.41, 5.74) is 4.20. The molecule has 0 bridgehead atoms. The van der Waals surface area contributed by atoms with Crippen LogP contribution in [-0.2, 0) is 9.59 Å². The first-order chi connectivity index (χ1) is 6.77. The zero-order chi connectivity index (χ0) is 10.4. The summed E-state index contributed by atoms with van der Waals surface area (Å²) in [5.74, 6) is 0. The van der Waals surface area contributed by atoms with E-state index >= 15 is 0 Å². The molecule has 0 saturated heterocycles. The topological polar surface area (TPSA) is 70.9 Å². The summed E-state index contributed by atoms with van der Waals surface area (Å²) in [4.78, 5) is 23.4. The lowest BCUT2D eigenvalue weighted by Crippen LogP contribution is -1.88. The summed E-state index contributed by atoms with van der Waals surface area (Å²) >= 11 is 0. The molecule has 0 amide bonds. The molecule has 0 fully saturated rings. The predicted molar refractivity (Wildman–Crippen MR) is 50.7 cm³/mol. The van der Waals surface area contributed by atoms with Crippen molar-refractivity contribution in [1.29, 1.82) is 0 Å². The van der Waals surface area contributed by atoms with E-state index in [1.54, 1.807) is 18.2 Å². The molecule has 1 aromatic rings. The van der Waals surface area contributed by atoms with Gasteiger partial charge in [-0.3, -0.25) is 5.43 Å². The van der Waals surface area contributed by atoms with Crippen molar-refractivity contribution in [1.82, 2.24) is 0 Å². The maximum absolute atomic E-state index is 10.1. The number of hydrogen-bond donors (Lipinski definition) is 1. The molecule has 1 rings (SSSR count). The molecule has 0 aliphatic rings. The number of rotatable bonds is 3. The Morgan fingerprint density at radius 1 is 1.29 bits per heavy atom. The zero-order valence-corrected chi connectivity index (χ0v) is 7.44. The van der Waals surface area contributed by atoms with Crippen LogP contribution in [0.3, 0.4) is 0 Å². The first-order valence-corrected chi connectivity index (χ1v) is 3.79. The lowest BCUT2D eigenvalue weighted by molar-refractivity contribution is 0.564. The van der Waals surface area contributed by atoms with E-state index in [-0.39, 0.29) is 0 Å². The van der Waals surface area contributed by atoms with E-state index in [4.69, 9.17) is 0 Å². The number of carbonyl (C=O) groups excluding carboxylic acids is 2. The third-order valence-electron chi connectivity index (χ3n) is 1.54. The Morgan fingerprint density at radius 3 is 2.71 bits per heavy atom. The SMILES string of the molecule is Cc1ccc(NN=C=O)c(N=C=O)c1. The van der Waals surface area contributed by atoms with Crippen LogP contribution < -0.4 is 5.43 Å². The lowest BCUT2D eigenvalue weighted by atomic mass is 10.2. The molecule has 0 unspecified atom stereocenters. The standard InChI is InChI=1S/C9H7N3O2/c1-7-2-3-8(12-11-6-14)9(4-7)10-5-13/h2-4,12H,1H3. The minimum atomic E-state index is 0.388. The second-order valence-electron chi connectivity index (χ2n) is 2.54. The van der Waals surface area contributed by atoms with Gasteiger partial charge in [0.05, 0.1) is 5.69 Å². The maximum atomic E-state index is 10.1. The van der Waals surface area contributed by atoms with Gasteiger partial charge in [0, 0.05) is 0 Å². The Kier molecular flexibility index (Phi) is 3.33. The van der Waals surface area contributed by atoms with Gasteiger partial charge in [0.1, 0.15) is 5.69 Å². The third-order valence-corrected chi connectivity index (χ3v) is 1.54. The van der Waals surface area contributed by atoms with Crippen LogP contribution in [0.15, 0.2) is 28.3 Å². The molecule has 5 heteroatoms. The fourth-order valence-corrected chi connectivity index (χ4v) is 0.961. The molecule has 0 heterocycles. The van der Waals surface area contributed by atoms with E-state index in [0.717, 1.165) is 5.56 Å². The van der Waals surface area contributed by atoms with Crippen molar-refractivity contribution < 1.29 is 9.59 Å². The number of hydrogen-bond acceptors (Lipinski definition) is 5. The van der Waals surface area contributed by atoms with Gasteiger partial charge in [-0.1, -0.05) is 11.2 Å². The number of isocyanates is 2. The molecule has 0 radical (unpaired) electrons. The minimum absolute atomic E-state index is 0.388. The number of hydrazone groups is 1. The van der Waals surface area contributed by atoms with E-state index < -0.39 is 0 Å². The van der Waals surface area contributed by atoms with Gasteiger partial charge < -0.3 is 0 Å². The zero-order valence-electron chi connectivity index (χ0n) is 7.44. The molecular formula is C9H7N3O2. The van der Waals surface area contributed by atoms with Crippen LogP contribution in [-0.4, -0.2) is 12.2 Å². The van der Waals surface area contributed by atoms with Crippen LogP contribution in [0.4, 0.5) is 11.4 Å². The molecule has 1 N–H and O–H groups in total. The average molecular weight is 189 g/mol. The highest BCUT2D eigenvalue weighted by molar-refractivity contribution is 5.69. The van der Waals surface area contributed by atoms with E-state index in [9.17, 15) is 9.59 Å². The summed E-state index contributed by atoms with van der Waals surface area (Å²) in [7, 11) is 0. The van der Waals surface area contributed by atoms with Crippen LogP contribution >= 0.6 is 0 Å². The molecule has 0 spiro atoms. The summed E-state index contributed by atoms with van der Waals surface area (Å²) in [5, 5.41) is 3.17. The monoisotopic (exact) mass is 189 g/mol. The molecule has 0 atom stereocenters. The van der Waals surface area contributed by atoms with Crippen molar-refractivity contribution in [2.75, 3.05) is 5.43 Å². The number of benzene rings is 1. The maximum Gasteiger partial charge on any atom is 0.258 e. The highest BCUT2D eigenvalue weighted by Crippen LogP contribution is 2.25. The Labute approximate surface area is 80.2 Å². The number of nitrogens with zero attached hydrogens (tertiary/aromatic N) is 2. The third kappa shape index (κ3) is 2.38. The molecule has 0 aliphatic carbocycles. The lowest BCUT2D eigenvalue weighted by Gasteiger charge is -2.02. The average Bonchev–Trinajstić information content (AvgIpc) is 2.17. The number of anilines is 1. The van der Waals surface area contributed by atoms with Gasteiger partial charge in [0.2, 0.25) is 6.08 Å². The van der Waals surface area contributed by atoms with Gasteiger partial charge in [-0.25, -0.2) is 9.59 Å². The summed E-state index contributed by atoms with van der Waals surface area (Å²) in [6, 6.07) is 5.13. The van der Waals surface area contributed by atoms with Gasteiger partial charge in [0.15, 0.2) is 0 Å². The first-order valence-electron chi connectivity index (χ1n) is 3.79. The van der Waals surface area contributed by atoms with Gasteiger partial charge in [-0.2, -0.15) is 4.99 Å². The van der Waals surface area contributed by atoms with Crippen molar-refractivity contribution in [2.45, 2.75) is 6.92 Å². The normalized spacial score (nSPS) is 8.36. The van der Waals surface area contributed by atoms with Crippen molar-refractivity contribution in [2.24, 2.45) is 10.1 Å². The Hall–Kier alpha value is -2.22. The van der Waals surface area contributed by atoms with Crippen molar-refractivity contribution in [3.8, 4) is 0 Å². The number of aliphatic imine (C=N–C) groups is 1. The van der Waals surface area contributed by atoms with E-state index in [1.807, 2.05) is 6.92 Å². The smallest absolute Gasteiger partial charge is 0.258 e. The van der Waals surface area contributed by atoms with Crippen LogP contribution in [0.1, 0.15) is 5.56 Å². The van der Waals surface area contributed by atoms with Crippen molar-refractivity contribution in [3.05, 3.63) is 23.8 Å². The van der Waals surface area contributed by atoms with Gasteiger partial charge in [-0.05, 0) is 24.6 Å². The van der Waals surface area contributed by atoms with Crippen LogP contribution in [0.2, 0.25) is 0 Å². The van der Waals surface area contributed by atoms with E-state index in [0.29, 0.717) is 11.4 Å². The van der Waals surface area contributed by atoms with Gasteiger partial charge >= 0.3 is 0 Å². The Bertz CT molecular complexity index is 430. The Balaban J connectivity index is 3.13. The molecule has 70 valence electrons. The second kappa shape index (κ2) is 4.72. The fourth-order valence-electron chi connectivity index (χ4n) is 0.961. The molecule has 0 saturated carbocycles. The molecule has 1 aromatic carbocycles. The number of nitrogens with one attached hydrogen (secondary N) is 1.